The first-order valence-electron chi connectivity index (χ1n) is 5.35. The Labute approximate surface area is 104 Å². The fraction of sp³-hybridized carbons (Fsp3) is 0.333. The maximum absolute atomic E-state index is 11.5. The van der Waals surface area contributed by atoms with Crippen molar-refractivity contribution in [3.05, 3.63) is 17.7 Å². The number of fused-ring (bicyclic) bond motifs is 1. The average Bonchev–Trinajstić information content (AvgIpc) is 2.35. The second-order valence-corrected chi connectivity index (χ2v) is 3.93. The number of nitrogens with one attached hydrogen (secondary N) is 1. The molecule has 1 aliphatic heterocycles. The molecule has 2 N–H and O–H groups in total. The van der Waals surface area contributed by atoms with E-state index in [1.807, 2.05) is 0 Å². The van der Waals surface area contributed by atoms with Crippen molar-refractivity contribution in [1.82, 2.24) is 0 Å². The van der Waals surface area contributed by atoms with Gasteiger partial charge in [0.15, 0.2) is 0 Å². The van der Waals surface area contributed by atoms with E-state index in [1.165, 1.54) is 14.2 Å². The summed E-state index contributed by atoms with van der Waals surface area (Å²) in [6.45, 7) is 0. The third kappa shape index (κ3) is 1.97. The average molecular weight is 251 g/mol. The number of amides is 1. The Kier molecular flexibility index (Phi) is 3.10. The molecule has 1 atom stereocenters. The van der Waals surface area contributed by atoms with Gasteiger partial charge in [0.1, 0.15) is 11.5 Å². The van der Waals surface area contributed by atoms with Crippen molar-refractivity contribution in [3.8, 4) is 11.5 Å². The van der Waals surface area contributed by atoms with Crippen LogP contribution in [0.25, 0.3) is 0 Å². The minimum atomic E-state index is -1.05. The van der Waals surface area contributed by atoms with Crippen LogP contribution in [0.5, 0.6) is 11.5 Å². The molecule has 96 valence electrons. The monoisotopic (exact) mass is 251 g/mol. The van der Waals surface area contributed by atoms with Crippen LogP contribution >= 0.6 is 0 Å². The minimum Gasteiger partial charge on any atom is -0.497 e. The van der Waals surface area contributed by atoms with Crippen molar-refractivity contribution < 1.29 is 24.2 Å². The van der Waals surface area contributed by atoms with E-state index in [-0.39, 0.29) is 12.3 Å². The summed E-state index contributed by atoms with van der Waals surface area (Å²) in [5.41, 5.74) is 0.903. The number of carboxylic acids is 1. The standard InChI is InChI=1S/C12H13NO5/c1-17-6-3-8-11(9(4-6)18-2)7(12(15)16)5-10(14)13-8/h3-4,7H,5H2,1-2H3,(H,13,14)(H,15,16). The number of aliphatic carboxylic acids is 1. The highest BCUT2D eigenvalue weighted by Gasteiger charge is 2.33. The van der Waals surface area contributed by atoms with Gasteiger partial charge in [-0.25, -0.2) is 0 Å². The number of carbonyl (C=O) groups excluding carboxylic acids is 1. The first-order chi connectivity index (χ1) is 8.56. The molecule has 0 aliphatic carbocycles. The summed E-state index contributed by atoms with van der Waals surface area (Å²) >= 11 is 0. The van der Waals surface area contributed by atoms with Crippen LogP contribution in [0.15, 0.2) is 12.1 Å². The molecule has 0 aromatic heterocycles. The summed E-state index contributed by atoms with van der Waals surface area (Å²) < 4.78 is 10.3. The fourth-order valence-corrected chi connectivity index (χ4v) is 2.05. The van der Waals surface area contributed by atoms with Gasteiger partial charge in [0.05, 0.1) is 25.8 Å². The number of carboxylic acid groups (broad SMARTS) is 1. The zero-order valence-corrected chi connectivity index (χ0v) is 10.0. The molecular formula is C12H13NO5. The lowest BCUT2D eigenvalue weighted by molar-refractivity contribution is -0.140. The van der Waals surface area contributed by atoms with E-state index in [4.69, 9.17) is 9.47 Å². The smallest absolute Gasteiger partial charge is 0.311 e. The van der Waals surface area contributed by atoms with Gasteiger partial charge in [-0.1, -0.05) is 0 Å². The zero-order valence-electron chi connectivity index (χ0n) is 10.0. The molecule has 1 heterocycles. The first kappa shape index (κ1) is 12.2. The van der Waals surface area contributed by atoms with Crippen LogP contribution in [-0.4, -0.2) is 31.2 Å². The van der Waals surface area contributed by atoms with Gasteiger partial charge < -0.3 is 19.9 Å². The molecule has 2 rings (SSSR count). The minimum absolute atomic E-state index is 0.0922. The summed E-state index contributed by atoms with van der Waals surface area (Å²) in [5, 5.41) is 11.8. The third-order valence-electron chi connectivity index (χ3n) is 2.88. The highest BCUT2D eigenvalue weighted by atomic mass is 16.5. The molecule has 6 nitrogen and oxygen atoms in total. The highest BCUT2D eigenvalue weighted by molar-refractivity contribution is 6.00. The molecule has 0 fully saturated rings. The molecular weight excluding hydrogens is 238 g/mol. The van der Waals surface area contributed by atoms with E-state index in [0.29, 0.717) is 22.7 Å². The predicted molar refractivity (Wildman–Crippen MR) is 63.2 cm³/mol. The van der Waals surface area contributed by atoms with Crippen molar-refractivity contribution in [1.29, 1.82) is 0 Å². The summed E-state index contributed by atoms with van der Waals surface area (Å²) in [7, 11) is 2.94. The van der Waals surface area contributed by atoms with Crippen molar-refractivity contribution >= 4 is 17.6 Å². The lowest BCUT2D eigenvalue weighted by atomic mass is 9.89. The molecule has 1 aliphatic rings. The van der Waals surface area contributed by atoms with Crippen LogP contribution in [-0.2, 0) is 9.59 Å². The SMILES string of the molecule is COc1cc2c(c(OC)c1)C(C(=O)O)CC(=O)N2. The summed E-state index contributed by atoms with van der Waals surface area (Å²) in [5.74, 6) is -1.37. The maximum Gasteiger partial charge on any atom is 0.311 e. The van der Waals surface area contributed by atoms with Crippen LogP contribution in [0.2, 0.25) is 0 Å². The van der Waals surface area contributed by atoms with Gasteiger partial charge in [-0.05, 0) is 0 Å². The summed E-state index contributed by atoms with van der Waals surface area (Å²) in [6.07, 6.45) is -0.0922. The maximum atomic E-state index is 11.5. The van der Waals surface area contributed by atoms with Crippen molar-refractivity contribution in [3.63, 3.8) is 0 Å². The lowest BCUT2D eigenvalue weighted by Gasteiger charge is -2.25. The van der Waals surface area contributed by atoms with E-state index < -0.39 is 11.9 Å². The zero-order chi connectivity index (χ0) is 13.3. The number of methoxy groups -OCH3 is 2. The summed E-state index contributed by atoms with van der Waals surface area (Å²) in [6, 6.07) is 3.19. The van der Waals surface area contributed by atoms with Gasteiger partial charge in [0.25, 0.3) is 0 Å². The first-order valence-corrected chi connectivity index (χ1v) is 5.35. The Hall–Kier alpha value is -2.24. The Morgan fingerprint density at radius 3 is 2.67 bits per heavy atom. The molecule has 0 spiro atoms. The van der Waals surface area contributed by atoms with E-state index in [0.717, 1.165) is 0 Å². The number of ether oxygens (including phenoxy) is 2. The number of hydrogen-bond donors (Lipinski definition) is 2. The van der Waals surface area contributed by atoms with Crippen LogP contribution in [0.3, 0.4) is 0 Å². The van der Waals surface area contributed by atoms with Crippen LogP contribution in [0, 0.1) is 0 Å². The number of anilines is 1. The van der Waals surface area contributed by atoms with Crippen LogP contribution < -0.4 is 14.8 Å². The van der Waals surface area contributed by atoms with Gasteiger partial charge >= 0.3 is 5.97 Å². The van der Waals surface area contributed by atoms with E-state index in [2.05, 4.69) is 5.32 Å². The molecule has 0 bridgehead atoms. The molecule has 0 radical (unpaired) electrons. The summed E-state index contributed by atoms with van der Waals surface area (Å²) in [4.78, 5) is 22.7. The normalized spacial score (nSPS) is 17.7. The van der Waals surface area contributed by atoms with Crippen molar-refractivity contribution in [2.45, 2.75) is 12.3 Å². The van der Waals surface area contributed by atoms with Crippen LogP contribution in [0.4, 0.5) is 5.69 Å². The quantitative estimate of drug-likeness (QED) is 0.843. The molecule has 1 aromatic carbocycles. The Morgan fingerprint density at radius 2 is 2.11 bits per heavy atom. The van der Waals surface area contributed by atoms with E-state index in [1.54, 1.807) is 12.1 Å². The van der Waals surface area contributed by atoms with Gasteiger partial charge in [0.2, 0.25) is 5.91 Å². The number of carbonyl (C=O) groups is 2. The molecule has 6 heteroatoms. The number of benzene rings is 1. The van der Waals surface area contributed by atoms with Crippen molar-refractivity contribution in [2.75, 3.05) is 19.5 Å². The van der Waals surface area contributed by atoms with Gasteiger partial charge in [-0.15, -0.1) is 0 Å². The lowest BCUT2D eigenvalue weighted by Crippen LogP contribution is -2.27. The second-order valence-electron chi connectivity index (χ2n) is 3.93. The Bertz CT molecular complexity index is 511. The van der Waals surface area contributed by atoms with Gasteiger partial charge in [-0.3, -0.25) is 9.59 Å². The molecule has 1 amide bonds. The highest BCUT2D eigenvalue weighted by Crippen LogP contribution is 2.41. The van der Waals surface area contributed by atoms with Gasteiger partial charge in [0, 0.05) is 24.1 Å². The second kappa shape index (κ2) is 4.56. The molecule has 18 heavy (non-hydrogen) atoms. The molecule has 0 saturated heterocycles. The van der Waals surface area contributed by atoms with Crippen LogP contribution in [0.1, 0.15) is 17.9 Å². The Balaban J connectivity index is 2.61. The number of hydrogen-bond acceptors (Lipinski definition) is 4. The number of rotatable bonds is 3. The largest absolute Gasteiger partial charge is 0.497 e. The molecule has 1 aromatic rings. The fourth-order valence-electron chi connectivity index (χ4n) is 2.05. The third-order valence-corrected chi connectivity index (χ3v) is 2.88. The van der Waals surface area contributed by atoms with E-state index >= 15 is 0 Å². The van der Waals surface area contributed by atoms with E-state index in [9.17, 15) is 14.7 Å². The van der Waals surface area contributed by atoms with Crippen molar-refractivity contribution in [2.24, 2.45) is 0 Å². The Morgan fingerprint density at radius 1 is 1.39 bits per heavy atom. The topological polar surface area (TPSA) is 84.9 Å². The molecule has 0 saturated carbocycles. The predicted octanol–water partition coefficient (Wildman–Crippen LogP) is 1.21. The molecule has 1 unspecified atom stereocenters. The van der Waals surface area contributed by atoms with Gasteiger partial charge in [-0.2, -0.15) is 0 Å².